The van der Waals surface area contributed by atoms with Crippen LogP contribution in [0.25, 0.3) is 0 Å². The van der Waals surface area contributed by atoms with Crippen LogP contribution < -0.4 is 10.2 Å². The zero-order valence-electron chi connectivity index (χ0n) is 19.5. The molecule has 2 N–H and O–H groups in total. The van der Waals surface area contributed by atoms with E-state index in [2.05, 4.69) is 25.8 Å². The third-order valence-electron chi connectivity index (χ3n) is 5.66. The van der Waals surface area contributed by atoms with Crippen molar-refractivity contribution in [3.63, 3.8) is 0 Å². The summed E-state index contributed by atoms with van der Waals surface area (Å²) in [6.45, 7) is 2.55. The van der Waals surface area contributed by atoms with Crippen LogP contribution in [-0.4, -0.2) is 29.7 Å². The molecule has 0 spiro atoms. The lowest BCUT2D eigenvalue weighted by Gasteiger charge is -2.20. The van der Waals surface area contributed by atoms with E-state index in [9.17, 15) is 13.2 Å². The number of nitrogens with zero attached hydrogens (tertiary/aromatic N) is 4. The van der Waals surface area contributed by atoms with Gasteiger partial charge in [0, 0.05) is 24.4 Å². The topological polar surface area (TPSA) is 104 Å². The minimum atomic E-state index is -4.37. The number of oxime groups is 1. The molecule has 0 atom stereocenters. The van der Waals surface area contributed by atoms with Gasteiger partial charge < -0.3 is 15.0 Å². The molecule has 2 aromatic rings. The highest BCUT2D eigenvalue weighted by Crippen LogP contribution is 2.29. The molecular formula is C24H29F3N6O2. The highest BCUT2D eigenvalue weighted by atomic mass is 19.4. The minimum absolute atomic E-state index is 0.0107. The van der Waals surface area contributed by atoms with Crippen LogP contribution in [0.1, 0.15) is 55.7 Å². The summed E-state index contributed by atoms with van der Waals surface area (Å²) in [4.78, 5) is 9.47. The number of alkyl halides is 3. The predicted molar refractivity (Wildman–Crippen MR) is 125 cm³/mol. The third-order valence-corrected chi connectivity index (χ3v) is 5.66. The summed E-state index contributed by atoms with van der Waals surface area (Å²) < 4.78 is 43.4. The number of hydrazone groups is 1. The van der Waals surface area contributed by atoms with Crippen LogP contribution in [-0.2, 0) is 17.6 Å². The van der Waals surface area contributed by atoms with E-state index in [1.54, 1.807) is 25.3 Å². The van der Waals surface area contributed by atoms with Crippen molar-refractivity contribution in [3.05, 3.63) is 59.3 Å². The number of benzene rings is 1. The van der Waals surface area contributed by atoms with Crippen molar-refractivity contribution in [2.75, 3.05) is 13.2 Å². The molecule has 0 aliphatic heterocycles. The highest BCUT2D eigenvalue weighted by Gasteiger charge is 2.29. The maximum atomic E-state index is 12.6. The molecule has 1 heterocycles. The summed E-state index contributed by atoms with van der Waals surface area (Å²) in [5.74, 6) is 1.18. The summed E-state index contributed by atoms with van der Waals surface area (Å²) in [7, 11) is 0. The Labute approximate surface area is 202 Å². The van der Waals surface area contributed by atoms with Crippen LogP contribution in [0.5, 0.6) is 5.88 Å². The van der Waals surface area contributed by atoms with Crippen LogP contribution in [0, 0.1) is 11.4 Å². The van der Waals surface area contributed by atoms with Crippen LogP contribution in [0.2, 0.25) is 0 Å². The van der Waals surface area contributed by atoms with Gasteiger partial charge >= 0.3 is 6.18 Å². The zero-order valence-corrected chi connectivity index (χ0v) is 19.5. The fourth-order valence-corrected chi connectivity index (χ4v) is 3.61. The number of aromatic nitrogens is 1. The molecule has 3 rings (SSSR count). The van der Waals surface area contributed by atoms with Crippen LogP contribution in [0.15, 0.2) is 58.0 Å². The van der Waals surface area contributed by atoms with Crippen molar-refractivity contribution in [1.29, 1.82) is 5.53 Å². The Hall–Kier alpha value is -3.50. The van der Waals surface area contributed by atoms with Gasteiger partial charge in [0.05, 0.1) is 11.3 Å². The number of pyridine rings is 1. The second-order valence-corrected chi connectivity index (χ2v) is 8.32. The van der Waals surface area contributed by atoms with Gasteiger partial charge in [0.2, 0.25) is 11.7 Å². The molecule has 0 unspecified atom stereocenters. The Balaban J connectivity index is 1.44. The number of nitrogens with one attached hydrogen (secondary N) is 2. The molecule has 1 aliphatic rings. The number of ether oxygens (including phenoxy) is 1. The second-order valence-electron chi connectivity index (χ2n) is 8.32. The smallest absolute Gasteiger partial charge is 0.416 e. The predicted octanol–water partition coefficient (Wildman–Crippen LogP) is 5.93. The van der Waals surface area contributed by atoms with E-state index in [0.29, 0.717) is 28.6 Å². The monoisotopic (exact) mass is 490 g/mol. The summed E-state index contributed by atoms with van der Waals surface area (Å²) in [5.41, 5.74) is 11.4. The first-order chi connectivity index (χ1) is 16.8. The number of amidine groups is 1. The molecule has 8 nitrogen and oxygen atoms in total. The van der Waals surface area contributed by atoms with Crippen LogP contribution in [0.4, 0.5) is 13.2 Å². The fourth-order valence-electron chi connectivity index (χ4n) is 3.61. The molecule has 0 radical (unpaired) electrons. The van der Waals surface area contributed by atoms with Gasteiger partial charge in [0.1, 0.15) is 6.61 Å². The molecule has 35 heavy (non-hydrogen) atoms. The van der Waals surface area contributed by atoms with Crippen molar-refractivity contribution in [3.8, 4) is 5.88 Å². The normalized spacial score (nSPS) is 15.5. The minimum Gasteiger partial charge on any atom is -0.469 e. The molecule has 1 aromatic carbocycles. The molecular weight excluding hydrogens is 461 g/mol. The van der Waals surface area contributed by atoms with Crippen molar-refractivity contribution < 1.29 is 22.7 Å². The average Bonchev–Trinajstić information content (AvgIpc) is 2.86. The molecule has 0 bridgehead atoms. The van der Waals surface area contributed by atoms with Gasteiger partial charge in [-0.25, -0.2) is 10.5 Å². The number of hydrogen-bond acceptors (Lipinski definition) is 7. The molecule has 1 saturated carbocycles. The second kappa shape index (κ2) is 12.8. The van der Waals surface area contributed by atoms with E-state index in [1.807, 2.05) is 0 Å². The third kappa shape index (κ3) is 8.66. The van der Waals surface area contributed by atoms with Crippen molar-refractivity contribution in [1.82, 2.24) is 10.4 Å². The van der Waals surface area contributed by atoms with Crippen LogP contribution >= 0.6 is 0 Å². The first-order valence-corrected chi connectivity index (χ1v) is 11.4. The van der Waals surface area contributed by atoms with Crippen LogP contribution in [0.3, 0.4) is 0 Å². The Morgan fingerprint density at radius 1 is 1.11 bits per heavy atom. The van der Waals surface area contributed by atoms with E-state index < -0.39 is 11.7 Å². The number of halogens is 3. The van der Waals surface area contributed by atoms with Crippen molar-refractivity contribution >= 4 is 11.5 Å². The van der Waals surface area contributed by atoms with Gasteiger partial charge in [-0.05, 0) is 49.4 Å². The van der Waals surface area contributed by atoms with E-state index in [0.717, 1.165) is 18.7 Å². The molecule has 1 aliphatic carbocycles. The molecule has 11 heteroatoms. The standard InChI is InChI=1S/C24H29F3N6O2/c1-17(33-35-15-19-7-10-21(11-8-19)24(25,26)27)20-9-12-23(29-14-20)34-16-22(31-28)32-30-13-18-5-3-2-4-6-18/h7-12,14,18,28,30H,2-6,13,15-16H2,1H3/b31-28?,32-22-,33-17+. The Kier molecular flexibility index (Phi) is 9.56. The lowest BCUT2D eigenvalue weighted by atomic mass is 9.89. The molecule has 0 saturated heterocycles. The molecule has 0 amide bonds. The SMILES string of the molecule is C/C(=N\OCc1ccc(C(F)(F)F)cc1)c1ccc(OC/C(N=N)=N/NCC2CCCCC2)nc1. The summed E-state index contributed by atoms with van der Waals surface area (Å²) >= 11 is 0. The maximum Gasteiger partial charge on any atom is 0.416 e. The first kappa shape index (κ1) is 26.1. The van der Waals surface area contributed by atoms with Gasteiger partial charge in [-0.15, -0.1) is 5.11 Å². The lowest BCUT2D eigenvalue weighted by Crippen LogP contribution is -2.23. The number of hydrogen-bond donors (Lipinski definition) is 2. The van der Waals surface area contributed by atoms with Crippen molar-refractivity contribution in [2.45, 2.75) is 51.8 Å². The average molecular weight is 491 g/mol. The van der Waals surface area contributed by atoms with E-state index in [4.69, 9.17) is 15.1 Å². The van der Waals surface area contributed by atoms with Gasteiger partial charge in [0.15, 0.2) is 6.61 Å². The largest absolute Gasteiger partial charge is 0.469 e. The van der Waals surface area contributed by atoms with Gasteiger partial charge in [-0.1, -0.05) is 36.6 Å². The summed E-state index contributed by atoms with van der Waals surface area (Å²) in [5, 5.41) is 11.5. The summed E-state index contributed by atoms with van der Waals surface area (Å²) in [6.07, 6.45) is 3.40. The molecule has 1 aromatic heterocycles. The Morgan fingerprint density at radius 2 is 1.86 bits per heavy atom. The molecule has 188 valence electrons. The maximum absolute atomic E-state index is 12.6. The fraction of sp³-hybridized carbons (Fsp3) is 0.458. The highest BCUT2D eigenvalue weighted by molar-refractivity contribution is 5.98. The number of rotatable bonds is 10. The van der Waals surface area contributed by atoms with Gasteiger partial charge in [-0.2, -0.15) is 18.3 Å². The first-order valence-electron chi connectivity index (χ1n) is 11.4. The quantitative estimate of drug-likeness (QED) is 0.186. The van der Waals surface area contributed by atoms with Gasteiger partial charge in [0.25, 0.3) is 0 Å². The summed E-state index contributed by atoms with van der Waals surface area (Å²) in [6, 6.07) is 8.13. The lowest BCUT2D eigenvalue weighted by molar-refractivity contribution is -0.137. The molecule has 1 fully saturated rings. The van der Waals surface area contributed by atoms with E-state index in [1.165, 1.54) is 44.2 Å². The van der Waals surface area contributed by atoms with E-state index in [-0.39, 0.29) is 19.0 Å². The van der Waals surface area contributed by atoms with E-state index >= 15 is 0 Å². The van der Waals surface area contributed by atoms with Crippen molar-refractivity contribution in [2.24, 2.45) is 21.3 Å². The zero-order chi connectivity index (χ0) is 25.1. The Bertz CT molecular complexity index is 1000. The Morgan fingerprint density at radius 3 is 2.49 bits per heavy atom. The van der Waals surface area contributed by atoms with Gasteiger partial charge in [-0.3, -0.25) is 0 Å².